The summed E-state index contributed by atoms with van der Waals surface area (Å²) >= 11 is 4.29. The summed E-state index contributed by atoms with van der Waals surface area (Å²) in [7, 11) is 0. The minimum atomic E-state index is -0.868. The van der Waals surface area contributed by atoms with Gasteiger partial charge in [0.05, 0.1) is 12.8 Å². The number of nitrogens with one attached hydrogen (secondary N) is 1. The summed E-state index contributed by atoms with van der Waals surface area (Å²) in [6, 6.07) is 0. The summed E-state index contributed by atoms with van der Waals surface area (Å²) in [6.45, 7) is 2.50. The average molecular weight is 249 g/mol. The van der Waals surface area contributed by atoms with Gasteiger partial charge in [-0.15, -0.1) is 12.6 Å². The molecule has 0 saturated carbocycles. The molecule has 3 N–H and O–H groups in total. The Bertz CT molecular complexity index is 242. The Balaban J connectivity index is 2.67. The van der Waals surface area contributed by atoms with E-state index in [1.165, 1.54) is 0 Å². The normalized spacial score (nSPS) is 27.4. The smallest absolute Gasteiger partial charge is 0.317 e. The van der Waals surface area contributed by atoms with Crippen LogP contribution >= 0.6 is 12.6 Å². The van der Waals surface area contributed by atoms with Gasteiger partial charge in [-0.2, -0.15) is 0 Å². The third-order valence-corrected chi connectivity index (χ3v) is 2.96. The highest BCUT2D eigenvalue weighted by molar-refractivity contribution is 7.80. The molecule has 1 saturated heterocycles. The number of hydrazine groups is 1. The van der Waals surface area contributed by atoms with E-state index >= 15 is 0 Å². The minimum Gasteiger partial charge on any atom is -0.480 e. The first-order valence-corrected chi connectivity index (χ1v) is 5.91. The van der Waals surface area contributed by atoms with Crippen LogP contribution in [0.3, 0.4) is 0 Å². The van der Waals surface area contributed by atoms with Crippen LogP contribution in [0.4, 0.5) is 0 Å². The molecule has 0 bridgehead atoms. The molecular weight excluding hydrogens is 230 g/mol. The second kappa shape index (κ2) is 6.41. The molecule has 0 aromatic heterocycles. The number of aliphatic carboxylic acids is 1. The molecule has 0 aliphatic carbocycles. The van der Waals surface area contributed by atoms with Crippen molar-refractivity contribution in [2.75, 3.05) is 19.7 Å². The predicted molar refractivity (Wildman–Crippen MR) is 62.7 cm³/mol. The maximum absolute atomic E-state index is 10.7. The Hall–Kier alpha value is -0.340. The van der Waals surface area contributed by atoms with Crippen LogP contribution in [0.1, 0.15) is 19.8 Å². The zero-order valence-corrected chi connectivity index (χ0v) is 10.2. The van der Waals surface area contributed by atoms with Crippen LogP contribution in [0, 0.1) is 0 Å². The number of aliphatic hydroxyl groups excluding tert-OH is 1. The summed E-state index contributed by atoms with van der Waals surface area (Å²) in [5.74, 6) is -0.868. The maximum atomic E-state index is 10.7. The van der Waals surface area contributed by atoms with E-state index in [0.29, 0.717) is 6.54 Å². The molecule has 1 heterocycles. The average Bonchev–Trinajstić information content (AvgIpc) is 2.47. The van der Waals surface area contributed by atoms with Gasteiger partial charge in [-0.25, -0.2) is 10.4 Å². The third kappa shape index (κ3) is 3.33. The van der Waals surface area contributed by atoms with Gasteiger partial charge < -0.3 is 10.2 Å². The Morgan fingerprint density at radius 3 is 2.75 bits per heavy atom. The van der Waals surface area contributed by atoms with Gasteiger partial charge >= 0.3 is 5.97 Å². The Kier molecular flexibility index (Phi) is 5.50. The van der Waals surface area contributed by atoms with Gasteiger partial charge in [0.1, 0.15) is 12.0 Å². The van der Waals surface area contributed by atoms with E-state index in [1.54, 1.807) is 4.90 Å². The molecule has 1 aliphatic rings. The number of rotatable bonds is 6. The maximum Gasteiger partial charge on any atom is 0.317 e. The highest BCUT2D eigenvalue weighted by Gasteiger charge is 2.37. The fraction of sp³-hybridized carbons (Fsp3) is 0.889. The second-order valence-electron chi connectivity index (χ2n) is 3.76. The fourth-order valence-corrected chi connectivity index (χ4v) is 2.28. The third-order valence-electron chi connectivity index (χ3n) is 2.54. The van der Waals surface area contributed by atoms with Crippen molar-refractivity contribution in [3.63, 3.8) is 0 Å². The predicted octanol–water partition coefficient (Wildman–Crippen LogP) is -0.475. The number of nitrogens with zero attached hydrogens (tertiary/aromatic N) is 2. The van der Waals surface area contributed by atoms with E-state index in [4.69, 9.17) is 10.2 Å². The molecule has 0 radical (unpaired) electrons. The van der Waals surface area contributed by atoms with Gasteiger partial charge in [-0.3, -0.25) is 9.69 Å². The molecule has 94 valence electrons. The van der Waals surface area contributed by atoms with Crippen LogP contribution < -0.4 is 5.43 Å². The zero-order chi connectivity index (χ0) is 12.1. The summed E-state index contributed by atoms with van der Waals surface area (Å²) in [4.78, 5) is 12.5. The molecule has 1 fully saturated rings. The van der Waals surface area contributed by atoms with Gasteiger partial charge in [-0.1, -0.05) is 13.3 Å². The summed E-state index contributed by atoms with van der Waals surface area (Å²) in [6.07, 6.45) is 1.78. The lowest BCUT2D eigenvalue weighted by atomic mass is 10.2. The van der Waals surface area contributed by atoms with Crippen molar-refractivity contribution in [2.45, 2.75) is 31.4 Å². The highest BCUT2D eigenvalue weighted by atomic mass is 32.1. The second-order valence-corrected chi connectivity index (χ2v) is 4.24. The first kappa shape index (κ1) is 13.7. The summed E-state index contributed by atoms with van der Waals surface area (Å²) < 4.78 is 0. The van der Waals surface area contributed by atoms with Crippen LogP contribution in [0.2, 0.25) is 0 Å². The van der Waals surface area contributed by atoms with Gasteiger partial charge in [-0.05, 0) is 6.42 Å². The van der Waals surface area contributed by atoms with Crippen LogP contribution in [0.5, 0.6) is 0 Å². The number of thiol groups is 1. The highest BCUT2D eigenvalue weighted by Crippen LogP contribution is 2.21. The van der Waals surface area contributed by atoms with E-state index in [9.17, 15) is 4.79 Å². The molecular formula is C9H19N3O3S. The monoisotopic (exact) mass is 249 g/mol. The molecule has 7 heteroatoms. The molecule has 2 atom stereocenters. The van der Waals surface area contributed by atoms with E-state index in [0.717, 1.165) is 12.8 Å². The Morgan fingerprint density at radius 1 is 1.56 bits per heavy atom. The summed E-state index contributed by atoms with van der Waals surface area (Å²) in [5, 5.41) is 19.6. The molecule has 2 unspecified atom stereocenters. The fourth-order valence-electron chi connectivity index (χ4n) is 1.90. The lowest BCUT2D eigenvalue weighted by molar-refractivity contribution is -0.139. The first-order valence-electron chi connectivity index (χ1n) is 5.39. The van der Waals surface area contributed by atoms with E-state index in [1.807, 2.05) is 11.9 Å². The van der Waals surface area contributed by atoms with E-state index in [2.05, 4.69) is 18.1 Å². The van der Waals surface area contributed by atoms with Gasteiger partial charge in [0, 0.05) is 6.54 Å². The van der Waals surface area contributed by atoms with Gasteiger partial charge in [0.2, 0.25) is 0 Å². The van der Waals surface area contributed by atoms with Crippen LogP contribution in [0.15, 0.2) is 0 Å². The molecule has 6 nitrogen and oxygen atoms in total. The van der Waals surface area contributed by atoms with Crippen molar-refractivity contribution in [3.8, 4) is 0 Å². The van der Waals surface area contributed by atoms with Gasteiger partial charge in [0.15, 0.2) is 0 Å². The number of β-amino-alcohol motifs (C(OH)–C–C–N with tert-alkyl or cyclic N) is 1. The minimum absolute atomic E-state index is 0.0178. The van der Waals surface area contributed by atoms with Crippen LogP contribution in [0.25, 0.3) is 0 Å². The summed E-state index contributed by atoms with van der Waals surface area (Å²) in [5.41, 5.74) is 2.74. The number of carbonyl (C=O) groups is 1. The number of hydrogen-bond donors (Lipinski definition) is 4. The molecule has 0 aromatic carbocycles. The molecule has 0 spiro atoms. The topological polar surface area (TPSA) is 76.0 Å². The van der Waals surface area contributed by atoms with Crippen LogP contribution in [-0.4, -0.2) is 57.5 Å². The largest absolute Gasteiger partial charge is 0.480 e. The van der Waals surface area contributed by atoms with Gasteiger partial charge in [0.25, 0.3) is 0 Å². The zero-order valence-electron chi connectivity index (χ0n) is 9.33. The standard InChI is InChI=1S/C9H19N3O3S/c1-2-3-7-11(6-8(14)15)9(16)10-12(7)4-5-13/h7,9-10,13,16H,2-6H2,1H3,(H,14,15). The van der Waals surface area contributed by atoms with E-state index < -0.39 is 5.97 Å². The quantitative estimate of drug-likeness (QED) is 0.477. The molecule has 0 aromatic rings. The van der Waals surface area contributed by atoms with Crippen molar-refractivity contribution in [2.24, 2.45) is 0 Å². The number of carboxylic acid groups (broad SMARTS) is 1. The van der Waals surface area contributed by atoms with Crippen LogP contribution in [-0.2, 0) is 4.79 Å². The van der Waals surface area contributed by atoms with Crippen molar-refractivity contribution in [3.05, 3.63) is 0 Å². The number of hydrogen-bond acceptors (Lipinski definition) is 6. The lowest BCUT2D eigenvalue weighted by Gasteiger charge is -2.27. The Labute approximate surface area is 101 Å². The molecule has 16 heavy (non-hydrogen) atoms. The molecule has 0 amide bonds. The van der Waals surface area contributed by atoms with Crippen molar-refractivity contribution < 1.29 is 15.0 Å². The van der Waals surface area contributed by atoms with E-state index in [-0.39, 0.29) is 24.8 Å². The first-order chi connectivity index (χ1) is 7.60. The Morgan fingerprint density at radius 2 is 2.25 bits per heavy atom. The van der Waals surface area contributed by atoms with Crippen molar-refractivity contribution >= 4 is 18.6 Å². The molecule has 1 rings (SSSR count). The van der Waals surface area contributed by atoms with Crippen molar-refractivity contribution in [1.82, 2.24) is 15.3 Å². The lowest BCUT2D eigenvalue weighted by Crippen LogP contribution is -2.43. The number of aliphatic hydroxyl groups is 1. The number of carboxylic acids is 1. The SMILES string of the molecule is CCCC1N(CCO)NC(S)N1CC(=O)O. The van der Waals surface area contributed by atoms with Crippen molar-refractivity contribution in [1.29, 1.82) is 0 Å². The molecule has 1 aliphatic heterocycles.